The van der Waals surface area contributed by atoms with Gasteiger partial charge in [0.2, 0.25) is 0 Å². The van der Waals surface area contributed by atoms with Crippen molar-refractivity contribution < 1.29 is 32.7 Å². The fraction of sp³-hybridized carbons (Fsp3) is 0.333. The molecule has 1 radical (unpaired) electrons. The van der Waals surface area contributed by atoms with E-state index in [0.29, 0.717) is 0 Å². The van der Waals surface area contributed by atoms with E-state index in [9.17, 15) is 0 Å². The quantitative estimate of drug-likeness (QED) is 0.539. The van der Waals surface area contributed by atoms with Crippen LogP contribution >= 0.6 is 0 Å². The molecule has 1 aromatic rings. The maximum Gasteiger partial charge on any atom is 0 e. The van der Waals surface area contributed by atoms with E-state index in [4.69, 9.17) is 0 Å². The standard InChI is InChI=1S/C3H4N3.Y/c1-3-2-4-6-5-3;/h2H,1H3;/q-1;. The van der Waals surface area contributed by atoms with Crippen molar-refractivity contribution in [1.82, 2.24) is 15.4 Å². The van der Waals surface area contributed by atoms with Crippen LogP contribution in [0.5, 0.6) is 0 Å². The topological polar surface area (TPSA) is 39.9 Å². The summed E-state index contributed by atoms with van der Waals surface area (Å²) in [7, 11) is 0. The third kappa shape index (κ3) is 2.14. The summed E-state index contributed by atoms with van der Waals surface area (Å²) in [4.78, 5) is 0. The van der Waals surface area contributed by atoms with Gasteiger partial charge < -0.3 is 10.2 Å². The molecule has 0 spiro atoms. The van der Waals surface area contributed by atoms with Gasteiger partial charge in [-0.15, -0.1) is 0 Å². The van der Waals surface area contributed by atoms with Gasteiger partial charge in [-0.1, -0.05) is 11.9 Å². The molecule has 0 saturated heterocycles. The van der Waals surface area contributed by atoms with Crippen molar-refractivity contribution in [2.24, 2.45) is 0 Å². The number of hydrogen-bond acceptors (Lipinski definition) is 2. The first-order valence-corrected chi connectivity index (χ1v) is 1.67. The molecule has 7 heavy (non-hydrogen) atoms. The minimum absolute atomic E-state index is 0. The minimum Gasteiger partial charge on any atom is -0.358 e. The Morgan fingerprint density at radius 2 is 2.43 bits per heavy atom. The Morgan fingerprint density at radius 1 is 1.71 bits per heavy atom. The van der Waals surface area contributed by atoms with Crippen LogP contribution in [0, 0.1) is 6.92 Å². The SMILES string of the molecule is Cc1c[n-]nn1.[Y]. The summed E-state index contributed by atoms with van der Waals surface area (Å²) >= 11 is 0. The van der Waals surface area contributed by atoms with Gasteiger partial charge in [-0.2, -0.15) is 0 Å². The molecule has 1 aromatic heterocycles. The van der Waals surface area contributed by atoms with Gasteiger partial charge in [-0.3, -0.25) is 5.21 Å². The summed E-state index contributed by atoms with van der Waals surface area (Å²) in [6.45, 7) is 1.85. The van der Waals surface area contributed by atoms with E-state index in [1.54, 1.807) is 6.20 Å². The molecule has 1 heterocycles. The number of rotatable bonds is 0. The Labute approximate surface area is 66.8 Å². The second kappa shape index (κ2) is 3.27. The Morgan fingerprint density at radius 3 is 2.57 bits per heavy atom. The van der Waals surface area contributed by atoms with Crippen LogP contribution in [0.1, 0.15) is 5.69 Å². The van der Waals surface area contributed by atoms with Crippen molar-refractivity contribution in [2.75, 3.05) is 0 Å². The molecular weight excluding hydrogens is 167 g/mol. The van der Waals surface area contributed by atoms with Gasteiger partial charge >= 0.3 is 0 Å². The first-order chi connectivity index (χ1) is 2.89. The minimum atomic E-state index is 0. The number of aryl methyl sites for hydroxylation is 1. The van der Waals surface area contributed by atoms with E-state index >= 15 is 0 Å². The average molecular weight is 171 g/mol. The van der Waals surface area contributed by atoms with E-state index in [0.717, 1.165) is 5.69 Å². The van der Waals surface area contributed by atoms with Crippen LogP contribution in [0.15, 0.2) is 6.20 Å². The van der Waals surface area contributed by atoms with E-state index < -0.39 is 0 Å². The summed E-state index contributed by atoms with van der Waals surface area (Å²) in [5.41, 5.74) is 0.870. The Balaban J connectivity index is 0.000000360. The summed E-state index contributed by atoms with van der Waals surface area (Å²) in [6, 6.07) is 0. The molecule has 1 rings (SSSR count). The van der Waals surface area contributed by atoms with E-state index in [-0.39, 0.29) is 32.7 Å². The van der Waals surface area contributed by atoms with Gasteiger partial charge in [-0.05, 0) is 6.92 Å². The molecule has 0 bridgehead atoms. The molecule has 0 aliphatic rings. The molecular formula is C3H4N3Y-. The van der Waals surface area contributed by atoms with Gasteiger partial charge in [0.1, 0.15) is 0 Å². The molecule has 4 heteroatoms. The second-order valence-corrected chi connectivity index (χ2v) is 1.08. The van der Waals surface area contributed by atoms with Gasteiger partial charge in [0.15, 0.2) is 0 Å². The molecule has 0 aliphatic carbocycles. The molecule has 0 aromatic carbocycles. The normalized spacial score (nSPS) is 7.57. The van der Waals surface area contributed by atoms with Crippen molar-refractivity contribution in [2.45, 2.75) is 6.92 Å². The van der Waals surface area contributed by atoms with E-state index in [1.165, 1.54) is 0 Å². The number of hydrogen-bond donors (Lipinski definition) is 0. The molecule has 3 nitrogen and oxygen atoms in total. The molecule has 0 atom stereocenters. The fourth-order valence-corrected chi connectivity index (χ4v) is 0.232. The summed E-state index contributed by atoms with van der Waals surface area (Å²) in [6.07, 6.45) is 1.61. The van der Waals surface area contributed by atoms with Crippen molar-refractivity contribution in [1.29, 1.82) is 0 Å². The first-order valence-electron chi connectivity index (χ1n) is 1.67. The molecule has 0 fully saturated rings. The maximum absolute atomic E-state index is 3.56. The van der Waals surface area contributed by atoms with Crippen molar-refractivity contribution in [3.05, 3.63) is 11.9 Å². The predicted octanol–water partition coefficient (Wildman–Crippen LogP) is -0.260. The van der Waals surface area contributed by atoms with Crippen LogP contribution in [-0.2, 0) is 32.7 Å². The van der Waals surface area contributed by atoms with Gasteiger partial charge in [0, 0.05) is 32.7 Å². The van der Waals surface area contributed by atoms with Gasteiger partial charge in [0.25, 0.3) is 0 Å². The molecule has 0 unspecified atom stereocenters. The smallest absolute Gasteiger partial charge is 0 e. The van der Waals surface area contributed by atoms with Crippen LogP contribution < -0.4 is 5.10 Å². The maximum atomic E-state index is 3.56. The Hall–Kier alpha value is 0.244. The molecule has 0 saturated carbocycles. The zero-order valence-electron chi connectivity index (χ0n) is 4.00. The second-order valence-electron chi connectivity index (χ2n) is 1.08. The van der Waals surface area contributed by atoms with Gasteiger partial charge in [0.05, 0.1) is 0 Å². The third-order valence-electron chi connectivity index (χ3n) is 0.499. The summed E-state index contributed by atoms with van der Waals surface area (Å²) in [5.74, 6) is 0. The summed E-state index contributed by atoms with van der Waals surface area (Å²) in [5, 5.41) is 10.3. The number of aromatic nitrogens is 3. The fourth-order valence-electron chi connectivity index (χ4n) is 0.232. The van der Waals surface area contributed by atoms with Crippen LogP contribution in [0.2, 0.25) is 0 Å². The monoisotopic (exact) mass is 171 g/mol. The van der Waals surface area contributed by atoms with E-state index in [2.05, 4.69) is 15.4 Å². The van der Waals surface area contributed by atoms with Crippen molar-refractivity contribution >= 4 is 0 Å². The zero-order valence-corrected chi connectivity index (χ0v) is 6.83. The Bertz CT molecular complexity index is 114. The molecule has 35 valence electrons. The van der Waals surface area contributed by atoms with Crippen molar-refractivity contribution in [3.8, 4) is 0 Å². The summed E-state index contributed by atoms with van der Waals surface area (Å²) < 4.78 is 0. The Kier molecular flexibility index (Phi) is 3.39. The molecule has 0 aliphatic heterocycles. The van der Waals surface area contributed by atoms with Gasteiger partial charge in [-0.25, -0.2) is 0 Å². The molecule has 0 amide bonds. The van der Waals surface area contributed by atoms with Crippen molar-refractivity contribution in [3.63, 3.8) is 0 Å². The van der Waals surface area contributed by atoms with Crippen LogP contribution in [-0.4, -0.2) is 10.3 Å². The molecule has 0 N–H and O–H groups in total. The zero-order chi connectivity index (χ0) is 4.41. The third-order valence-corrected chi connectivity index (χ3v) is 0.499. The first kappa shape index (κ1) is 7.24. The predicted molar refractivity (Wildman–Crippen MR) is 20.1 cm³/mol. The van der Waals surface area contributed by atoms with Crippen LogP contribution in [0.3, 0.4) is 0 Å². The van der Waals surface area contributed by atoms with E-state index in [1.807, 2.05) is 6.92 Å². The largest absolute Gasteiger partial charge is 0.358 e. The van der Waals surface area contributed by atoms with Crippen LogP contribution in [0.4, 0.5) is 0 Å². The van der Waals surface area contributed by atoms with Crippen LogP contribution in [0.25, 0.3) is 0 Å². The number of nitrogens with zero attached hydrogens (tertiary/aromatic N) is 3. The average Bonchev–Trinajstić information content (AvgIpc) is 1.86.